The molecule has 0 aliphatic rings. The molecule has 0 saturated heterocycles. The summed E-state index contributed by atoms with van der Waals surface area (Å²) in [5, 5.41) is 0. The number of rotatable bonds is 6. The first-order valence-electron chi connectivity index (χ1n) is 24.8. The zero-order valence-corrected chi connectivity index (χ0v) is 54.9. The van der Waals surface area contributed by atoms with Crippen molar-refractivity contribution in [3.8, 4) is 35.5 Å². The van der Waals surface area contributed by atoms with Crippen LogP contribution in [0.2, 0.25) is 0 Å². The van der Waals surface area contributed by atoms with E-state index in [9.17, 15) is 0 Å². The molecule has 0 spiro atoms. The summed E-state index contributed by atoms with van der Waals surface area (Å²) in [6.07, 6.45) is 11.1. The smallest absolute Gasteiger partial charge is 0.0531 e. The minimum absolute atomic E-state index is 0.0610. The van der Waals surface area contributed by atoms with Gasteiger partial charge >= 0.3 is 0 Å². The molecule has 0 unspecified atom stereocenters. The highest BCUT2D eigenvalue weighted by Crippen LogP contribution is 2.38. The maximum Gasteiger partial charge on any atom is 0.0531 e. The molecule has 7 aromatic rings. The fourth-order valence-electron chi connectivity index (χ4n) is 8.73. The zero-order chi connectivity index (χ0) is 55.1. The van der Waals surface area contributed by atoms with Gasteiger partial charge in [-0.05, 0) is 196 Å². The van der Waals surface area contributed by atoms with Crippen molar-refractivity contribution in [2.24, 2.45) is 0 Å². The Morgan fingerprint density at radius 2 is 0.400 bits per heavy atom. The summed E-state index contributed by atoms with van der Waals surface area (Å²) in [7, 11) is 0. The van der Waals surface area contributed by atoms with Crippen molar-refractivity contribution in [3.05, 3.63) is 254 Å². The molecule has 0 saturated carbocycles. The van der Waals surface area contributed by atoms with Crippen LogP contribution in [0.25, 0.3) is 0 Å². The number of halogens is 6. The van der Waals surface area contributed by atoms with Crippen LogP contribution in [0.15, 0.2) is 118 Å². The van der Waals surface area contributed by atoms with Crippen LogP contribution in [0, 0.1) is 96.3 Å². The lowest BCUT2D eigenvalue weighted by atomic mass is 9.83. The SMILES string of the molecule is Cc1cc(C(C)(C)C)cc(C)c1[C]c1c(Br)cc(C#Cc2cc(C#Cc3cc(Br)c([C]c4c(C)cc(C(C)(C)C)cc4C)c(Br)c3)cc(C#Cc3cc(Br)c([C]c4c(C)cc(C(C)(C)C)cc4C)c(Br)c3)c2)cc1Br. The number of hydrogen-bond acceptors (Lipinski definition) is 0. The van der Waals surface area contributed by atoms with Crippen LogP contribution in [0.4, 0.5) is 0 Å². The van der Waals surface area contributed by atoms with Gasteiger partial charge in [0.2, 0.25) is 0 Å². The predicted molar refractivity (Wildman–Crippen MR) is 338 cm³/mol. The highest BCUT2D eigenvalue weighted by molar-refractivity contribution is 9.11. The van der Waals surface area contributed by atoms with Crippen LogP contribution < -0.4 is 0 Å². The monoisotopic (exact) mass is 1360 g/mol. The molecule has 0 aromatic heterocycles. The molecule has 0 heterocycles. The third kappa shape index (κ3) is 14.6. The first-order valence-corrected chi connectivity index (χ1v) is 29.6. The molecule has 0 nitrogen and oxygen atoms in total. The lowest BCUT2D eigenvalue weighted by Crippen LogP contribution is -2.12. The van der Waals surface area contributed by atoms with Gasteiger partial charge in [0.05, 0.1) is 19.3 Å². The normalized spacial score (nSPS) is 11.6. The second-order valence-corrected chi connectivity index (χ2v) is 27.7. The number of hydrogen-bond donors (Lipinski definition) is 0. The van der Waals surface area contributed by atoms with E-state index >= 15 is 0 Å². The molecular formula is C69H60Br6. The topological polar surface area (TPSA) is 0 Å². The molecule has 0 N–H and O–H groups in total. The van der Waals surface area contributed by atoms with Crippen molar-refractivity contribution in [2.45, 2.75) is 120 Å². The van der Waals surface area contributed by atoms with E-state index in [1.165, 1.54) is 50.1 Å². The first-order chi connectivity index (χ1) is 34.9. The summed E-state index contributed by atoms with van der Waals surface area (Å²) in [6, 6.07) is 32.0. The minimum Gasteiger partial charge on any atom is -0.0616 e. The third-order valence-corrected chi connectivity index (χ3v) is 16.8. The highest BCUT2D eigenvalue weighted by Gasteiger charge is 2.22. The van der Waals surface area contributed by atoms with E-state index in [0.717, 1.165) is 93.6 Å². The average molecular weight is 1370 g/mol. The first kappa shape index (κ1) is 58.8. The fraction of sp³-hybridized carbons (Fsp3) is 0.261. The highest BCUT2D eigenvalue weighted by atomic mass is 79.9. The molecule has 0 amide bonds. The van der Waals surface area contributed by atoms with Crippen LogP contribution in [-0.2, 0) is 16.2 Å². The van der Waals surface area contributed by atoms with Crippen molar-refractivity contribution < 1.29 is 0 Å². The molecule has 0 aliphatic heterocycles. The Kier molecular flexibility index (Phi) is 18.5. The van der Waals surface area contributed by atoms with Crippen LogP contribution in [0.3, 0.4) is 0 Å². The molecule has 7 aromatic carbocycles. The van der Waals surface area contributed by atoms with Gasteiger partial charge in [-0.15, -0.1) is 0 Å². The predicted octanol–water partition coefficient (Wildman–Crippen LogP) is 20.6. The zero-order valence-electron chi connectivity index (χ0n) is 45.4. The molecule has 75 heavy (non-hydrogen) atoms. The van der Waals surface area contributed by atoms with Gasteiger partial charge in [0, 0.05) is 60.2 Å². The van der Waals surface area contributed by atoms with E-state index in [0.29, 0.717) is 0 Å². The molecular weight excluding hydrogens is 1310 g/mol. The van der Waals surface area contributed by atoms with E-state index < -0.39 is 0 Å². The van der Waals surface area contributed by atoms with Crippen LogP contribution in [0.5, 0.6) is 0 Å². The van der Waals surface area contributed by atoms with Gasteiger partial charge in [-0.1, -0.05) is 230 Å². The molecule has 0 bridgehead atoms. The van der Waals surface area contributed by atoms with Crippen molar-refractivity contribution >= 4 is 95.6 Å². The van der Waals surface area contributed by atoms with Crippen molar-refractivity contribution in [2.75, 3.05) is 0 Å². The lowest BCUT2D eigenvalue weighted by molar-refractivity contribution is 0.588. The van der Waals surface area contributed by atoms with Crippen molar-refractivity contribution in [3.63, 3.8) is 0 Å². The molecule has 6 radical (unpaired) electrons. The molecule has 7 rings (SSSR count). The van der Waals surface area contributed by atoms with Gasteiger partial charge in [0.1, 0.15) is 0 Å². The summed E-state index contributed by atoms with van der Waals surface area (Å²) in [5.74, 6) is 20.6. The Morgan fingerprint density at radius 3 is 0.560 bits per heavy atom. The van der Waals surface area contributed by atoms with E-state index in [1.807, 2.05) is 54.6 Å². The van der Waals surface area contributed by atoms with Crippen LogP contribution in [-0.4, -0.2) is 0 Å². The van der Waals surface area contributed by atoms with Gasteiger partial charge in [-0.3, -0.25) is 0 Å². The molecule has 0 fully saturated rings. The van der Waals surface area contributed by atoms with Gasteiger partial charge in [-0.25, -0.2) is 0 Å². The van der Waals surface area contributed by atoms with Gasteiger partial charge in [0.15, 0.2) is 0 Å². The third-order valence-electron chi connectivity index (χ3n) is 13.1. The van der Waals surface area contributed by atoms with Crippen molar-refractivity contribution in [1.29, 1.82) is 0 Å². The Balaban J connectivity index is 1.23. The van der Waals surface area contributed by atoms with Crippen molar-refractivity contribution in [1.82, 2.24) is 0 Å². The fourth-order valence-corrected chi connectivity index (χ4v) is 12.9. The van der Waals surface area contributed by atoms with Gasteiger partial charge in [-0.2, -0.15) is 0 Å². The quantitative estimate of drug-likeness (QED) is 0.146. The van der Waals surface area contributed by atoms with Crippen LogP contribution in [0.1, 0.15) is 179 Å². The van der Waals surface area contributed by atoms with E-state index in [2.05, 4.69) is 291 Å². The van der Waals surface area contributed by atoms with Crippen LogP contribution >= 0.6 is 95.6 Å². The summed E-state index contributed by atoms with van der Waals surface area (Å²) < 4.78 is 5.39. The largest absolute Gasteiger partial charge is 0.0616 e. The maximum absolute atomic E-state index is 3.86. The molecule has 6 heteroatoms. The second kappa shape index (κ2) is 23.6. The van der Waals surface area contributed by atoms with E-state index in [-0.39, 0.29) is 16.2 Å². The maximum atomic E-state index is 3.86. The standard InChI is InChI=1S/C69H60Br6/c1-40-22-52(67(7,8)9)23-41(2)55(40)37-58-61(70)31-49(32-62(58)71)19-16-46-28-47(17-20-50-33-63(72)59(64(73)34-50)38-56-42(3)24-53(25-43(56)4)68(10,11)12)30-48(29-46)18-21-51-35-65(74)60(66(75)36-51)39-57-44(5)26-54(27-45(57)6)69(13,14)15/h22-36H,1-15H3. The number of benzene rings is 7. The van der Waals surface area contributed by atoms with Gasteiger partial charge < -0.3 is 0 Å². The second-order valence-electron chi connectivity index (χ2n) is 22.6. The molecule has 378 valence electrons. The summed E-state index contributed by atoms with van der Waals surface area (Å²) in [5.41, 5.74) is 22.3. The average Bonchev–Trinajstić information content (AvgIpc) is 3.29. The van der Waals surface area contributed by atoms with E-state index in [4.69, 9.17) is 0 Å². The molecule has 0 atom stereocenters. The minimum atomic E-state index is 0.0610. The number of aryl methyl sites for hydroxylation is 6. The Labute approximate surface area is 500 Å². The lowest BCUT2D eigenvalue weighted by Gasteiger charge is -2.22. The molecule has 0 aliphatic carbocycles. The summed E-state index contributed by atoms with van der Waals surface area (Å²) in [4.78, 5) is 0. The van der Waals surface area contributed by atoms with Gasteiger partial charge in [0.25, 0.3) is 0 Å². The Bertz CT molecular complexity index is 3070. The summed E-state index contributed by atoms with van der Waals surface area (Å²) >= 11 is 23.2. The van der Waals surface area contributed by atoms with E-state index in [1.54, 1.807) is 0 Å². The Morgan fingerprint density at radius 1 is 0.240 bits per heavy atom. The Hall–Kier alpha value is -3.90. The summed E-state index contributed by atoms with van der Waals surface area (Å²) in [6.45, 7) is 33.2.